The molecule has 3 fully saturated rings. The highest BCUT2D eigenvalue weighted by Gasteiger charge is 2.46. The summed E-state index contributed by atoms with van der Waals surface area (Å²) in [6, 6.07) is 17.5. The fraction of sp³-hybridized carbons (Fsp3) is 0.444. The molecule has 1 atom stereocenters. The SMILES string of the molecule is O=C1CCCN1Cc1cccc(C(=O)N2CCC[C@@]3(CC2)CN(Cc2ccccc2)C(=O)O3)c1. The first kappa shape index (κ1) is 22.4. The van der Waals surface area contributed by atoms with Crippen molar-refractivity contribution < 1.29 is 19.1 Å². The predicted molar refractivity (Wildman–Crippen MR) is 127 cm³/mol. The maximum Gasteiger partial charge on any atom is 0.410 e. The highest BCUT2D eigenvalue weighted by molar-refractivity contribution is 5.94. The molecule has 0 aliphatic carbocycles. The summed E-state index contributed by atoms with van der Waals surface area (Å²) in [6.07, 6.45) is 3.43. The molecular weight excluding hydrogens is 430 g/mol. The Balaban J connectivity index is 1.22. The van der Waals surface area contributed by atoms with Gasteiger partial charge in [0, 0.05) is 51.1 Å². The van der Waals surface area contributed by atoms with Gasteiger partial charge in [0.05, 0.1) is 6.54 Å². The van der Waals surface area contributed by atoms with Crippen LogP contribution in [0.4, 0.5) is 4.79 Å². The minimum Gasteiger partial charge on any atom is -0.441 e. The first-order chi connectivity index (χ1) is 16.5. The van der Waals surface area contributed by atoms with Gasteiger partial charge >= 0.3 is 6.09 Å². The van der Waals surface area contributed by atoms with E-state index in [1.54, 1.807) is 4.90 Å². The second-order valence-corrected chi connectivity index (χ2v) is 9.66. The summed E-state index contributed by atoms with van der Waals surface area (Å²) in [5.74, 6) is 0.180. The Kier molecular flexibility index (Phi) is 6.26. The molecule has 7 nitrogen and oxygen atoms in total. The van der Waals surface area contributed by atoms with Crippen molar-refractivity contribution in [1.29, 1.82) is 0 Å². The lowest BCUT2D eigenvalue weighted by Gasteiger charge is -2.26. The highest BCUT2D eigenvalue weighted by atomic mass is 16.6. The second kappa shape index (κ2) is 9.49. The van der Waals surface area contributed by atoms with Gasteiger partial charge in [-0.25, -0.2) is 4.79 Å². The van der Waals surface area contributed by atoms with E-state index in [1.165, 1.54) is 0 Å². The lowest BCUT2D eigenvalue weighted by Crippen LogP contribution is -2.37. The first-order valence-electron chi connectivity index (χ1n) is 12.2. The number of carbonyl (C=O) groups is 3. The zero-order valence-electron chi connectivity index (χ0n) is 19.4. The van der Waals surface area contributed by atoms with E-state index in [0.717, 1.165) is 36.9 Å². The molecule has 1 spiro atoms. The lowest BCUT2D eigenvalue weighted by atomic mass is 9.95. The van der Waals surface area contributed by atoms with Crippen LogP contribution >= 0.6 is 0 Å². The van der Waals surface area contributed by atoms with Crippen LogP contribution < -0.4 is 0 Å². The molecule has 2 aromatic rings. The fourth-order valence-electron chi connectivity index (χ4n) is 5.33. The summed E-state index contributed by atoms with van der Waals surface area (Å²) in [4.78, 5) is 43.4. The fourth-order valence-corrected chi connectivity index (χ4v) is 5.33. The monoisotopic (exact) mass is 461 g/mol. The minimum absolute atomic E-state index is 0.00267. The molecule has 0 unspecified atom stereocenters. The molecule has 0 saturated carbocycles. The van der Waals surface area contributed by atoms with E-state index < -0.39 is 5.60 Å². The number of rotatable bonds is 5. The Bertz CT molecular complexity index is 1070. The van der Waals surface area contributed by atoms with Gasteiger partial charge in [0.2, 0.25) is 5.91 Å². The topological polar surface area (TPSA) is 70.2 Å². The van der Waals surface area contributed by atoms with E-state index in [4.69, 9.17) is 4.74 Å². The zero-order valence-corrected chi connectivity index (χ0v) is 19.4. The summed E-state index contributed by atoms with van der Waals surface area (Å²) in [6.45, 7) is 3.63. The Hall–Kier alpha value is -3.35. The van der Waals surface area contributed by atoms with Gasteiger partial charge in [-0.3, -0.25) is 14.5 Å². The quantitative estimate of drug-likeness (QED) is 0.679. The van der Waals surface area contributed by atoms with E-state index in [2.05, 4.69) is 0 Å². The molecule has 3 amide bonds. The van der Waals surface area contributed by atoms with E-state index in [0.29, 0.717) is 51.1 Å². The molecule has 5 rings (SSSR count). The van der Waals surface area contributed by atoms with Gasteiger partial charge in [0.1, 0.15) is 5.60 Å². The highest BCUT2D eigenvalue weighted by Crippen LogP contribution is 2.34. The van der Waals surface area contributed by atoms with Crippen molar-refractivity contribution in [2.45, 2.75) is 50.8 Å². The number of carbonyl (C=O) groups excluding carboxylic acids is 3. The van der Waals surface area contributed by atoms with Crippen molar-refractivity contribution in [2.24, 2.45) is 0 Å². The van der Waals surface area contributed by atoms with Crippen LogP contribution in [0.5, 0.6) is 0 Å². The van der Waals surface area contributed by atoms with Crippen molar-refractivity contribution in [2.75, 3.05) is 26.2 Å². The Morgan fingerprint density at radius 1 is 0.853 bits per heavy atom. The number of amides is 3. The lowest BCUT2D eigenvalue weighted by molar-refractivity contribution is -0.128. The number of benzene rings is 2. The largest absolute Gasteiger partial charge is 0.441 e. The van der Waals surface area contributed by atoms with Crippen LogP contribution in [0.3, 0.4) is 0 Å². The Labute approximate surface area is 200 Å². The van der Waals surface area contributed by atoms with Crippen molar-refractivity contribution in [3.8, 4) is 0 Å². The number of nitrogens with zero attached hydrogens (tertiary/aromatic N) is 3. The molecule has 0 radical (unpaired) electrons. The normalized spacial score (nSPS) is 22.9. The van der Waals surface area contributed by atoms with Crippen LogP contribution in [0.1, 0.15) is 53.6 Å². The van der Waals surface area contributed by atoms with Gasteiger partial charge in [-0.15, -0.1) is 0 Å². The Morgan fingerprint density at radius 2 is 1.65 bits per heavy atom. The summed E-state index contributed by atoms with van der Waals surface area (Å²) in [5, 5.41) is 0. The molecule has 3 heterocycles. The summed E-state index contributed by atoms with van der Waals surface area (Å²) >= 11 is 0. The Morgan fingerprint density at radius 3 is 2.44 bits per heavy atom. The number of likely N-dealkylation sites (tertiary alicyclic amines) is 2. The number of ether oxygens (including phenoxy) is 1. The molecule has 3 aliphatic rings. The zero-order chi connectivity index (χ0) is 23.5. The summed E-state index contributed by atoms with van der Waals surface area (Å²) in [7, 11) is 0. The molecule has 3 aliphatic heterocycles. The van der Waals surface area contributed by atoms with Gasteiger partial charge < -0.3 is 14.5 Å². The smallest absolute Gasteiger partial charge is 0.410 e. The standard InChI is InChI=1S/C27H31N3O4/c31-24-11-5-14-29(24)19-22-9-4-10-23(17-22)25(32)28-15-6-12-27(13-16-28)20-30(26(33)34-27)18-21-7-2-1-3-8-21/h1-4,7-10,17H,5-6,11-16,18-20H2/t27-/m1/s1. The van der Waals surface area contributed by atoms with Crippen LogP contribution in [-0.4, -0.2) is 64.4 Å². The molecule has 2 aromatic carbocycles. The van der Waals surface area contributed by atoms with Crippen LogP contribution in [-0.2, 0) is 22.6 Å². The third-order valence-electron chi connectivity index (χ3n) is 7.16. The first-order valence-corrected chi connectivity index (χ1v) is 12.2. The number of hydrogen-bond donors (Lipinski definition) is 0. The van der Waals surface area contributed by atoms with Gasteiger partial charge in [-0.05, 0) is 42.5 Å². The van der Waals surface area contributed by atoms with E-state index >= 15 is 0 Å². The molecule has 0 aromatic heterocycles. The van der Waals surface area contributed by atoms with Gasteiger partial charge in [-0.1, -0.05) is 42.5 Å². The van der Waals surface area contributed by atoms with Crippen molar-refractivity contribution >= 4 is 17.9 Å². The third kappa shape index (κ3) is 4.79. The maximum absolute atomic E-state index is 13.3. The van der Waals surface area contributed by atoms with Crippen LogP contribution in [0.2, 0.25) is 0 Å². The molecule has 178 valence electrons. The van der Waals surface area contributed by atoms with Crippen molar-refractivity contribution in [3.05, 3.63) is 71.3 Å². The van der Waals surface area contributed by atoms with Gasteiger partial charge in [0.25, 0.3) is 5.91 Å². The van der Waals surface area contributed by atoms with Gasteiger partial charge in [-0.2, -0.15) is 0 Å². The molecule has 0 bridgehead atoms. The summed E-state index contributed by atoms with van der Waals surface area (Å²) < 4.78 is 5.90. The average Bonchev–Trinajstić information content (AvgIpc) is 3.30. The minimum atomic E-state index is -0.529. The third-order valence-corrected chi connectivity index (χ3v) is 7.16. The van der Waals surface area contributed by atoms with Gasteiger partial charge in [0.15, 0.2) is 0 Å². The molecular formula is C27H31N3O4. The molecule has 7 heteroatoms. The predicted octanol–water partition coefficient (Wildman–Crippen LogP) is 3.83. The van der Waals surface area contributed by atoms with Crippen molar-refractivity contribution in [3.63, 3.8) is 0 Å². The van der Waals surface area contributed by atoms with Crippen LogP contribution in [0.15, 0.2) is 54.6 Å². The maximum atomic E-state index is 13.3. The van der Waals surface area contributed by atoms with Crippen LogP contribution in [0.25, 0.3) is 0 Å². The second-order valence-electron chi connectivity index (χ2n) is 9.66. The van der Waals surface area contributed by atoms with E-state index in [9.17, 15) is 14.4 Å². The average molecular weight is 462 g/mol. The van der Waals surface area contributed by atoms with E-state index in [-0.39, 0.29) is 17.9 Å². The van der Waals surface area contributed by atoms with Crippen molar-refractivity contribution in [1.82, 2.24) is 14.7 Å². The van der Waals surface area contributed by atoms with Crippen LogP contribution in [0, 0.1) is 0 Å². The summed E-state index contributed by atoms with van der Waals surface area (Å²) in [5.41, 5.74) is 2.18. The number of hydrogen-bond acceptors (Lipinski definition) is 4. The molecule has 0 N–H and O–H groups in total. The van der Waals surface area contributed by atoms with E-state index in [1.807, 2.05) is 64.4 Å². The molecule has 3 saturated heterocycles. The molecule has 34 heavy (non-hydrogen) atoms.